The van der Waals surface area contributed by atoms with Crippen molar-refractivity contribution < 1.29 is 23.8 Å². The van der Waals surface area contributed by atoms with Crippen molar-refractivity contribution in [2.24, 2.45) is 0 Å². The third-order valence-corrected chi connectivity index (χ3v) is 3.14. The SMILES string of the molecule is O=C(O)CCCCCNC(=O)COc1ccc(Br)cc1F. The van der Waals surface area contributed by atoms with Crippen molar-refractivity contribution in [1.82, 2.24) is 5.32 Å². The molecule has 0 spiro atoms. The molecule has 1 rings (SSSR count). The number of benzene rings is 1. The van der Waals surface area contributed by atoms with E-state index >= 15 is 0 Å². The second kappa shape index (κ2) is 9.33. The van der Waals surface area contributed by atoms with Crippen molar-refractivity contribution >= 4 is 27.8 Å². The van der Waals surface area contributed by atoms with Crippen LogP contribution in [0.4, 0.5) is 4.39 Å². The Kier molecular flexibility index (Phi) is 7.74. The van der Waals surface area contributed by atoms with Crippen molar-refractivity contribution in [3.05, 3.63) is 28.5 Å². The molecular weight excluding hydrogens is 345 g/mol. The number of carboxylic acids is 1. The Balaban J connectivity index is 2.15. The van der Waals surface area contributed by atoms with Crippen LogP contribution in [0, 0.1) is 5.82 Å². The Bertz CT molecular complexity index is 496. The van der Waals surface area contributed by atoms with Gasteiger partial charge in [-0.1, -0.05) is 22.4 Å². The maximum atomic E-state index is 13.4. The highest BCUT2D eigenvalue weighted by atomic mass is 79.9. The summed E-state index contributed by atoms with van der Waals surface area (Å²) < 4.78 is 19.1. The molecule has 0 saturated carbocycles. The van der Waals surface area contributed by atoms with E-state index in [0.29, 0.717) is 23.9 Å². The summed E-state index contributed by atoms with van der Waals surface area (Å²) in [4.78, 5) is 21.8. The number of aliphatic carboxylic acids is 1. The van der Waals surface area contributed by atoms with Crippen LogP contribution in [0.15, 0.2) is 22.7 Å². The summed E-state index contributed by atoms with van der Waals surface area (Å²) in [6.45, 7) is 0.193. The Morgan fingerprint density at radius 2 is 2.05 bits per heavy atom. The lowest BCUT2D eigenvalue weighted by molar-refractivity contribution is -0.137. The van der Waals surface area contributed by atoms with Crippen molar-refractivity contribution in [3.8, 4) is 5.75 Å². The second-order valence-electron chi connectivity index (χ2n) is 4.42. The van der Waals surface area contributed by atoms with Crippen LogP contribution in [0.2, 0.25) is 0 Å². The quantitative estimate of drug-likeness (QED) is 0.663. The molecule has 2 N–H and O–H groups in total. The molecule has 0 saturated heterocycles. The zero-order valence-corrected chi connectivity index (χ0v) is 13.0. The fourth-order valence-electron chi connectivity index (χ4n) is 1.59. The van der Waals surface area contributed by atoms with Gasteiger partial charge in [0.05, 0.1) is 0 Å². The van der Waals surface area contributed by atoms with Gasteiger partial charge in [0.25, 0.3) is 5.91 Å². The predicted octanol–water partition coefficient (Wildman–Crippen LogP) is 2.73. The van der Waals surface area contributed by atoms with Crippen molar-refractivity contribution in [1.29, 1.82) is 0 Å². The first kappa shape index (κ1) is 17.4. The lowest BCUT2D eigenvalue weighted by Gasteiger charge is -2.08. The average Bonchev–Trinajstić information content (AvgIpc) is 2.41. The fourth-order valence-corrected chi connectivity index (χ4v) is 1.93. The van der Waals surface area contributed by atoms with Gasteiger partial charge in [0, 0.05) is 17.4 Å². The highest BCUT2D eigenvalue weighted by molar-refractivity contribution is 9.10. The number of hydrogen-bond donors (Lipinski definition) is 2. The molecule has 1 aromatic carbocycles. The summed E-state index contributed by atoms with van der Waals surface area (Å²) >= 11 is 3.13. The van der Waals surface area contributed by atoms with E-state index in [1.165, 1.54) is 12.1 Å². The lowest BCUT2D eigenvalue weighted by Crippen LogP contribution is -2.29. The van der Waals surface area contributed by atoms with E-state index in [1.54, 1.807) is 6.07 Å². The van der Waals surface area contributed by atoms with Gasteiger partial charge in [0.1, 0.15) is 0 Å². The highest BCUT2D eigenvalue weighted by Crippen LogP contribution is 2.21. The van der Waals surface area contributed by atoms with Crippen LogP contribution >= 0.6 is 15.9 Å². The molecule has 5 nitrogen and oxygen atoms in total. The number of nitrogens with one attached hydrogen (secondary N) is 1. The number of halogens is 2. The molecule has 0 aliphatic rings. The van der Waals surface area contributed by atoms with Crippen molar-refractivity contribution in [2.75, 3.05) is 13.2 Å². The zero-order valence-electron chi connectivity index (χ0n) is 11.4. The average molecular weight is 362 g/mol. The minimum atomic E-state index is -0.816. The molecule has 0 aliphatic heterocycles. The molecule has 0 aromatic heterocycles. The summed E-state index contributed by atoms with van der Waals surface area (Å²) in [5.74, 6) is -1.67. The zero-order chi connectivity index (χ0) is 15.7. The molecule has 0 bridgehead atoms. The maximum Gasteiger partial charge on any atom is 0.303 e. The number of unbranched alkanes of at least 4 members (excludes halogenated alkanes) is 2. The lowest BCUT2D eigenvalue weighted by atomic mass is 10.2. The number of hydrogen-bond acceptors (Lipinski definition) is 3. The van der Waals surface area contributed by atoms with E-state index < -0.39 is 11.8 Å². The molecule has 0 aliphatic carbocycles. The van der Waals surface area contributed by atoms with E-state index in [-0.39, 0.29) is 24.7 Å². The van der Waals surface area contributed by atoms with Crippen LogP contribution < -0.4 is 10.1 Å². The number of carbonyl (C=O) groups is 2. The Morgan fingerprint density at radius 3 is 2.71 bits per heavy atom. The molecule has 0 atom stereocenters. The fraction of sp³-hybridized carbons (Fsp3) is 0.429. The number of rotatable bonds is 9. The molecule has 0 heterocycles. The Labute approximate surface area is 130 Å². The minimum absolute atomic E-state index is 0.0230. The van der Waals surface area contributed by atoms with Gasteiger partial charge < -0.3 is 15.2 Å². The smallest absolute Gasteiger partial charge is 0.303 e. The molecule has 1 aromatic rings. The van der Waals surface area contributed by atoms with Crippen molar-refractivity contribution in [3.63, 3.8) is 0 Å². The molecule has 0 fully saturated rings. The molecule has 21 heavy (non-hydrogen) atoms. The number of ether oxygens (including phenoxy) is 1. The number of carbonyl (C=O) groups excluding carboxylic acids is 1. The minimum Gasteiger partial charge on any atom is -0.481 e. The van der Waals surface area contributed by atoms with E-state index in [4.69, 9.17) is 9.84 Å². The van der Waals surface area contributed by atoms with Crippen LogP contribution in [-0.2, 0) is 9.59 Å². The first-order chi connectivity index (χ1) is 9.99. The predicted molar refractivity (Wildman–Crippen MR) is 78.7 cm³/mol. The van der Waals surface area contributed by atoms with Crippen molar-refractivity contribution in [2.45, 2.75) is 25.7 Å². The van der Waals surface area contributed by atoms with Crippen LogP contribution in [0.1, 0.15) is 25.7 Å². The van der Waals surface area contributed by atoms with Gasteiger partial charge in [0.2, 0.25) is 0 Å². The molecule has 116 valence electrons. The Morgan fingerprint density at radius 1 is 1.29 bits per heavy atom. The van der Waals surface area contributed by atoms with Gasteiger partial charge >= 0.3 is 5.97 Å². The van der Waals surface area contributed by atoms with Crippen LogP contribution in [-0.4, -0.2) is 30.1 Å². The maximum absolute atomic E-state index is 13.4. The van der Waals surface area contributed by atoms with Crippen LogP contribution in [0.5, 0.6) is 5.75 Å². The molecular formula is C14H17BrFNO4. The molecule has 0 unspecified atom stereocenters. The highest BCUT2D eigenvalue weighted by Gasteiger charge is 2.07. The van der Waals surface area contributed by atoms with E-state index in [2.05, 4.69) is 21.2 Å². The molecule has 0 radical (unpaired) electrons. The van der Waals surface area contributed by atoms with Crippen LogP contribution in [0.25, 0.3) is 0 Å². The number of amides is 1. The monoisotopic (exact) mass is 361 g/mol. The normalized spacial score (nSPS) is 10.2. The van der Waals surface area contributed by atoms with E-state index in [1.807, 2.05) is 0 Å². The standard InChI is InChI=1S/C14H17BrFNO4/c15-10-5-6-12(11(16)8-10)21-9-13(18)17-7-3-1-2-4-14(19)20/h5-6,8H,1-4,7,9H2,(H,17,18)(H,19,20). The molecule has 1 amide bonds. The summed E-state index contributed by atoms with van der Waals surface area (Å²) in [5.41, 5.74) is 0. The van der Waals surface area contributed by atoms with Crippen LogP contribution in [0.3, 0.4) is 0 Å². The first-order valence-electron chi connectivity index (χ1n) is 6.55. The Hall–Kier alpha value is -1.63. The van der Waals surface area contributed by atoms with Gasteiger partial charge in [-0.2, -0.15) is 0 Å². The van der Waals surface area contributed by atoms with E-state index in [9.17, 15) is 14.0 Å². The van der Waals surface area contributed by atoms with Gasteiger partial charge in [-0.05, 0) is 31.0 Å². The second-order valence-corrected chi connectivity index (χ2v) is 5.33. The van der Waals surface area contributed by atoms with Gasteiger partial charge in [-0.25, -0.2) is 4.39 Å². The van der Waals surface area contributed by atoms with Gasteiger partial charge in [0.15, 0.2) is 18.2 Å². The summed E-state index contributed by atoms with van der Waals surface area (Å²) in [6.07, 6.45) is 2.16. The summed E-state index contributed by atoms with van der Waals surface area (Å²) in [6, 6.07) is 4.33. The number of carboxylic acid groups (broad SMARTS) is 1. The third-order valence-electron chi connectivity index (χ3n) is 2.64. The summed E-state index contributed by atoms with van der Waals surface area (Å²) in [7, 11) is 0. The molecule has 7 heteroatoms. The third kappa shape index (κ3) is 7.65. The first-order valence-corrected chi connectivity index (χ1v) is 7.34. The van der Waals surface area contributed by atoms with Gasteiger partial charge in [-0.3, -0.25) is 9.59 Å². The topological polar surface area (TPSA) is 75.6 Å². The largest absolute Gasteiger partial charge is 0.481 e. The summed E-state index contributed by atoms with van der Waals surface area (Å²) in [5, 5.41) is 11.1. The van der Waals surface area contributed by atoms with Gasteiger partial charge in [-0.15, -0.1) is 0 Å². The van der Waals surface area contributed by atoms with E-state index in [0.717, 1.165) is 6.42 Å².